The van der Waals surface area contributed by atoms with E-state index >= 15 is 0 Å². The van der Waals surface area contributed by atoms with Gasteiger partial charge in [0.15, 0.2) is 11.5 Å². The molecular weight excluding hydrogens is 395 g/mol. The van der Waals surface area contributed by atoms with Crippen LogP contribution in [0.15, 0.2) is 63.6 Å². The SMILES string of the molecule is CCCCCCNc1c(N=Nc2ccc(-c3ccc(F)cc3)cc2)c(N)nc(=O)n1C. The zero-order chi connectivity index (χ0) is 22.2. The van der Waals surface area contributed by atoms with E-state index in [0.717, 1.165) is 30.4 Å². The van der Waals surface area contributed by atoms with E-state index in [1.54, 1.807) is 19.2 Å². The highest BCUT2D eigenvalue weighted by atomic mass is 19.1. The molecule has 0 aliphatic rings. The first-order chi connectivity index (χ1) is 15.0. The molecule has 0 unspecified atom stereocenters. The predicted molar refractivity (Wildman–Crippen MR) is 123 cm³/mol. The van der Waals surface area contributed by atoms with E-state index in [2.05, 4.69) is 27.5 Å². The van der Waals surface area contributed by atoms with Crippen LogP contribution in [0.1, 0.15) is 32.6 Å². The third kappa shape index (κ3) is 5.75. The number of aromatic nitrogens is 2. The molecule has 0 atom stereocenters. The lowest BCUT2D eigenvalue weighted by Crippen LogP contribution is -2.24. The monoisotopic (exact) mass is 422 g/mol. The molecule has 0 radical (unpaired) electrons. The quantitative estimate of drug-likeness (QED) is 0.348. The fourth-order valence-electron chi connectivity index (χ4n) is 3.14. The van der Waals surface area contributed by atoms with Crippen LogP contribution in [-0.4, -0.2) is 16.1 Å². The van der Waals surface area contributed by atoms with Gasteiger partial charge in [-0.2, -0.15) is 10.1 Å². The largest absolute Gasteiger partial charge is 0.382 e. The topological polar surface area (TPSA) is 97.7 Å². The van der Waals surface area contributed by atoms with Crippen molar-refractivity contribution in [3.8, 4) is 11.1 Å². The van der Waals surface area contributed by atoms with E-state index in [1.807, 2.05) is 24.3 Å². The van der Waals surface area contributed by atoms with E-state index in [1.165, 1.54) is 23.1 Å². The van der Waals surface area contributed by atoms with E-state index in [9.17, 15) is 9.18 Å². The van der Waals surface area contributed by atoms with Crippen molar-refractivity contribution in [2.45, 2.75) is 32.6 Å². The first-order valence-electron chi connectivity index (χ1n) is 10.4. The molecule has 0 fully saturated rings. The molecule has 7 nitrogen and oxygen atoms in total. The average molecular weight is 423 g/mol. The first-order valence-corrected chi connectivity index (χ1v) is 10.4. The summed E-state index contributed by atoms with van der Waals surface area (Å²) in [7, 11) is 1.62. The van der Waals surface area contributed by atoms with E-state index in [-0.39, 0.29) is 11.6 Å². The Labute approximate surface area is 180 Å². The Morgan fingerprint density at radius 1 is 1.00 bits per heavy atom. The molecule has 162 valence electrons. The van der Waals surface area contributed by atoms with Crippen molar-refractivity contribution in [2.75, 3.05) is 17.6 Å². The molecule has 3 aromatic rings. The van der Waals surface area contributed by atoms with Crippen LogP contribution in [0.4, 0.5) is 27.4 Å². The molecule has 0 bridgehead atoms. The number of anilines is 2. The zero-order valence-electron chi connectivity index (χ0n) is 17.8. The lowest BCUT2D eigenvalue weighted by Gasteiger charge is -2.13. The molecule has 0 aliphatic heterocycles. The summed E-state index contributed by atoms with van der Waals surface area (Å²) in [5.41, 5.74) is 8.32. The molecule has 8 heteroatoms. The number of nitrogen functional groups attached to an aromatic ring is 1. The van der Waals surface area contributed by atoms with Crippen molar-refractivity contribution in [1.82, 2.24) is 9.55 Å². The van der Waals surface area contributed by atoms with Crippen molar-refractivity contribution in [1.29, 1.82) is 0 Å². The highest BCUT2D eigenvalue weighted by Crippen LogP contribution is 2.30. The standard InChI is InChI=1S/C23H27FN6O/c1-3-4-5-6-15-26-22-20(21(25)27-23(31)30(22)2)29-28-19-13-9-17(10-14-19)16-7-11-18(24)12-8-16/h7-14,26H,3-6,15H2,1-2H3,(H2,25,27,31). The molecule has 0 amide bonds. The van der Waals surface area contributed by atoms with Gasteiger partial charge in [-0.15, -0.1) is 5.11 Å². The van der Waals surface area contributed by atoms with Gasteiger partial charge < -0.3 is 11.1 Å². The van der Waals surface area contributed by atoms with Crippen LogP contribution in [0, 0.1) is 5.82 Å². The number of nitrogens with one attached hydrogen (secondary N) is 1. The van der Waals surface area contributed by atoms with Gasteiger partial charge in [-0.1, -0.05) is 50.5 Å². The second kappa shape index (κ2) is 10.5. The fourth-order valence-corrected chi connectivity index (χ4v) is 3.14. The zero-order valence-corrected chi connectivity index (χ0v) is 17.8. The average Bonchev–Trinajstić information content (AvgIpc) is 2.77. The van der Waals surface area contributed by atoms with Crippen LogP contribution in [0.3, 0.4) is 0 Å². The second-order valence-electron chi connectivity index (χ2n) is 7.28. The van der Waals surface area contributed by atoms with Crippen molar-refractivity contribution >= 4 is 23.0 Å². The highest BCUT2D eigenvalue weighted by Gasteiger charge is 2.13. The predicted octanol–water partition coefficient (Wildman–Crippen LogP) is 5.58. The summed E-state index contributed by atoms with van der Waals surface area (Å²) < 4.78 is 14.5. The maximum atomic E-state index is 13.1. The Bertz CT molecular complexity index is 1090. The normalized spacial score (nSPS) is 11.2. The highest BCUT2D eigenvalue weighted by molar-refractivity contribution is 5.72. The van der Waals surface area contributed by atoms with Gasteiger partial charge in [0.05, 0.1) is 5.69 Å². The second-order valence-corrected chi connectivity index (χ2v) is 7.28. The minimum Gasteiger partial charge on any atom is -0.382 e. The molecule has 3 rings (SSSR count). The van der Waals surface area contributed by atoms with Gasteiger partial charge in [-0.25, -0.2) is 9.18 Å². The lowest BCUT2D eigenvalue weighted by molar-refractivity contribution is 0.628. The molecule has 2 aromatic carbocycles. The number of rotatable bonds is 9. The number of hydrogen-bond donors (Lipinski definition) is 2. The summed E-state index contributed by atoms with van der Waals surface area (Å²) in [6.07, 6.45) is 4.40. The number of benzene rings is 2. The number of azo groups is 1. The number of hydrogen-bond acceptors (Lipinski definition) is 6. The maximum Gasteiger partial charge on any atom is 0.350 e. The van der Waals surface area contributed by atoms with Crippen LogP contribution in [0.25, 0.3) is 11.1 Å². The fraction of sp³-hybridized carbons (Fsp3) is 0.304. The van der Waals surface area contributed by atoms with Gasteiger partial charge in [0.2, 0.25) is 0 Å². The van der Waals surface area contributed by atoms with Gasteiger partial charge in [-0.05, 0) is 41.8 Å². The summed E-state index contributed by atoms with van der Waals surface area (Å²) >= 11 is 0. The molecule has 0 aliphatic carbocycles. The molecular formula is C23H27FN6O. The minimum absolute atomic E-state index is 0.0332. The minimum atomic E-state index is -0.448. The molecule has 1 heterocycles. The third-order valence-electron chi connectivity index (χ3n) is 4.94. The Balaban J connectivity index is 1.80. The van der Waals surface area contributed by atoms with Gasteiger partial charge in [0, 0.05) is 13.6 Å². The van der Waals surface area contributed by atoms with Gasteiger partial charge in [0.25, 0.3) is 0 Å². The van der Waals surface area contributed by atoms with Gasteiger partial charge >= 0.3 is 5.69 Å². The van der Waals surface area contributed by atoms with E-state index in [0.29, 0.717) is 23.7 Å². The molecule has 0 saturated heterocycles. The summed E-state index contributed by atoms with van der Waals surface area (Å²) in [4.78, 5) is 15.9. The Hall–Kier alpha value is -3.55. The van der Waals surface area contributed by atoms with Crippen LogP contribution >= 0.6 is 0 Å². The smallest absolute Gasteiger partial charge is 0.350 e. The molecule has 0 saturated carbocycles. The van der Waals surface area contributed by atoms with Crippen LogP contribution in [0.2, 0.25) is 0 Å². The van der Waals surface area contributed by atoms with Crippen molar-refractivity contribution in [3.05, 3.63) is 64.8 Å². The van der Waals surface area contributed by atoms with Crippen LogP contribution in [-0.2, 0) is 7.05 Å². The van der Waals surface area contributed by atoms with Crippen molar-refractivity contribution in [2.24, 2.45) is 17.3 Å². The number of nitrogens with zero attached hydrogens (tertiary/aromatic N) is 4. The first kappa shape index (κ1) is 22.1. The molecule has 31 heavy (non-hydrogen) atoms. The van der Waals surface area contributed by atoms with Crippen LogP contribution in [0.5, 0.6) is 0 Å². The van der Waals surface area contributed by atoms with E-state index in [4.69, 9.17) is 5.73 Å². The lowest BCUT2D eigenvalue weighted by atomic mass is 10.1. The molecule has 3 N–H and O–H groups in total. The summed E-state index contributed by atoms with van der Waals surface area (Å²) in [5, 5.41) is 11.8. The third-order valence-corrected chi connectivity index (χ3v) is 4.94. The Morgan fingerprint density at radius 3 is 2.29 bits per heavy atom. The summed E-state index contributed by atoms with van der Waals surface area (Å²) in [6.45, 7) is 2.86. The number of unbranched alkanes of at least 4 members (excludes halogenated alkanes) is 3. The Kier molecular flexibility index (Phi) is 7.48. The molecule has 0 spiro atoms. The summed E-state index contributed by atoms with van der Waals surface area (Å²) in [6, 6.07) is 13.7. The summed E-state index contributed by atoms with van der Waals surface area (Å²) in [5.74, 6) is 0.263. The number of halogens is 1. The number of nitrogens with two attached hydrogens (primary N) is 1. The molecule has 1 aromatic heterocycles. The van der Waals surface area contributed by atoms with E-state index < -0.39 is 5.69 Å². The van der Waals surface area contributed by atoms with Crippen molar-refractivity contribution < 1.29 is 4.39 Å². The van der Waals surface area contributed by atoms with Crippen molar-refractivity contribution in [3.63, 3.8) is 0 Å². The maximum absolute atomic E-state index is 13.1. The van der Waals surface area contributed by atoms with Crippen LogP contribution < -0.4 is 16.7 Å². The van der Waals surface area contributed by atoms with Gasteiger partial charge in [-0.3, -0.25) is 4.57 Å². The van der Waals surface area contributed by atoms with Gasteiger partial charge in [0.1, 0.15) is 11.6 Å². The Morgan fingerprint density at radius 2 is 1.65 bits per heavy atom.